The van der Waals surface area contributed by atoms with Crippen LogP contribution in [0.15, 0.2) is 53.7 Å². The van der Waals surface area contributed by atoms with Crippen LogP contribution in [0.1, 0.15) is 36.7 Å². The molecule has 2 N–H and O–H groups in total. The molecule has 2 amide bonds. The van der Waals surface area contributed by atoms with Crippen LogP contribution in [-0.2, 0) is 11.3 Å². The van der Waals surface area contributed by atoms with E-state index in [9.17, 15) is 9.59 Å². The van der Waals surface area contributed by atoms with Gasteiger partial charge in [0.2, 0.25) is 5.91 Å². The van der Waals surface area contributed by atoms with E-state index in [0.29, 0.717) is 23.0 Å². The standard InChI is InChI=1S/C23H27N5O2S/c1-5-28-21(17-11-7-6-10-16(17)4)26-27-23(28)31-14-20(29)25-19-13-9-8-12-18(19)22(30)24-15(2)3/h6-13,15H,5,14H2,1-4H3,(H,24,30)(H,25,29). The van der Waals surface area contributed by atoms with Crippen molar-refractivity contribution < 1.29 is 9.59 Å². The highest BCUT2D eigenvalue weighted by molar-refractivity contribution is 7.99. The summed E-state index contributed by atoms with van der Waals surface area (Å²) in [7, 11) is 0. The first-order chi connectivity index (χ1) is 14.9. The summed E-state index contributed by atoms with van der Waals surface area (Å²) < 4.78 is 2.00. The number of carbonyl (C=O) groups is 2. The lowest BCUT2D eigenvalue weighted by atomic mass is 10.1. The molecule has 3 aromatic rings. The average Bonchev–Trinajstić information content (AvgIpc) is 3.15. The van der Waals surface area contributed by atoms with Crippen molar-refractivity contribution in [3.8, 4) is 11.4 Å². The molecule has 162 valence electrons. The SMILES string of the molecule is CCn1c(SCC(=O)Nc2ccccc2C(=O)NC(C)C)nnc1-c1ccccc1C. The van der Waals surface area contributed by atoms with E-state index >= 15 is 0 Å². The van der Waals surface area contributed by atoms with Crippen molar-refractivity contribution in [2.75, 3.05) is 11.1 Å². The van der Waals surface area contributed by atoms with Gasteiger partial charge in [-0.05, 0) is 45.4 Å². The normalized spacial score (nSPS) is 10.9. The van der Waals surface area contributed by atoms with Gasteiger partial charge in [0.25, 0.3) is 5.91 Å². The second-order valence-corrected chi connectivity index (χ2v) is 8.32. The Labute approximate surface area is 186 Å². The van der Waals surface area contributed by atoms with Gasteiger partial charge in [0.15, 0.2) is 11.0 Å². The molecule has 31 heavy (non-hydrogen) atoms. The minimum atomic E-state index is -0.216. The van der Waals surface area contributed by atoms with Crippen LogP contribution in [0.2, 0.25) is 0 Å². The van der Waals surface area contributed by atoms with E-state index in [-0.39, 0.29) is 23.6 Å². The van der Waals surface area contributed by atoms with Gasteiger partial charge < -0.3 is 15.2 Å². The number of nitrogens with one attached hydrogen (secondary N) is 2. The monoisotopic (exact) mass is 437 g/mol. The lowest BCUT2D eigenvalue weighted by Crippen LogP contribution is -2.31. The Balaban J connectivity index is 1.70. The van der Waals surface area contributed by atoms with Gasteiger partial charge in [-0.1, -0.05) is 48.2 Å². The highest BCUT2D eigenvalue weighted by Gasteiger charge is 2.17. The zero-order chi connectivity index (χ0) is 22.4. The maximum atomic E-state index is 12.6. The van der Waals surface area contributed by atoms with Crippen LogP contribution < -0.4 is 10.6 Å². The summed E-state index contributed by atoms with van der Waals surface area (Å²) in [4.78, 5) is 25.0. The van der Waals surface area contributed by atoms with E-state index in [0.717, 1.165) is 17.0 Å². The largest absolute Gasteiger partial charge is 0.350 e. The van der Waals surface area contributed by atoms with Gasteiger partial charge in [-0.15, -0.1) is 10.2 Å². The first kappa shape index (κ1) is 22.6. The van der Waals surface area contributed by atoms with Gasteiger partial charge in [0, 0.05) is 18.2 Å². The maximum Gasteiger partial charge on any atom is 0.253 e. The summed E-state index contributed by atoms with van der Waals surface area (Å²) in [6.45, 7) is 8.55. The number of para-hydroxylation sites is 1. The van der Waals surface area contributed by atoms with Crippen molar-refractivity contribution in [1.29, 1.82) is 0 Å². The molecule has 0 radical (unpaired) electrons. The molecule has 0 aliphatic heterocycles. The van der Waals surface area contributed by atoms with Gasteiger partial charge in [0.1, 0.15) is 0 Å². The Morgan fingerprint density at radius 1 is 1.06 bits per heavy atom. The lowest BCUT2D eigenvalue weighted by Gasteiger charge is -2.13. The van der Waals surface area contributed by atoms with E-state index in [4.69, 9.17) is 0 Å². The maximum absolute atomic E-state index is 12.6. The molecule has 1 aromatic heterocycles. The highest BCUT2D eigenvalue weighted by atomic mass is 32.2. The fraction of sp³-hybridized carbons (Fsp3) is 0.304. The van der Waals surface area contributed by atoms with E-state index in [2.05, 4.69) is 20.8 Å². The Kier molecular flexibility index (Phi) is 7.46. The van der Waals surface area contributed by atoms with Gasteiger partial charge in [0.05, 0.1) is 17.0 Å². The number of aromatic nitrogens is 3. The fourth-order valence-corrected chi connectivity index (χ4v) is 3.95. The molecular formula is C23H27N5O2S. The molecule has 7 nitrogen and oxygen atoms in total. The quantitative estimate of drug-likeness (QED) is 0.517. The average molecular weight is 438 g/mol. The second-order valence-electron chi connectivity index (χ2n) is 7.38. The first-order valence-corrected chi connectivity index (χ1v) is 11.2. The van der Waals surface area contributed by atoms with E-state index in [1.807, 2.05) is 56.5 Å². The Morgan fingerprint density at radius 2 is 1.77 bits per heavy atom. The van der Waals surface area contributed by atoms with Crippen LogP contribution >= 0.6 is 11.8 Å². The molecule has 0 atom stereocenters. The van der Waals surface area contributed by atoms with Crippen LogP contribution in [-0.4, -0.2) is 38.4 Å². The van der Waals surface area contributed by atoms with Gasteiger partial charge >= 0.3 is 0 Å². The molecule has 0 saturated heterocycles. The fourth-order valence-electron chi connectivity index (χ4n) is 3.15. The summed E-state index contributed by atoms with van der Waals surface area (Å²) in [6.07, 6.45) is 0. The number of amides is 2. The molecule has 0 aliphatic rings. The summed E-state index contributed by atoms with van der Waals surface area (Å²) in [5, 5.41) is 15.0. The predicted molar refractivity (Wildman–Crippen MR) is 124 cm³/mol. The van der Waals surface area contributed by atoms with Crippen LogP contribution in [0.3, 0.4) is 0 Å². The third-order valence-corrected chi connectivity index (χ3v) is 5.58. The van der Waals surface area contributed by atoms with E-state index in [1.165, 1.54) is 11.8 Å². The van der Waals surface area contributed by atoms with Crippen molar-refractivity contribution in [1.82, 2.24) is 20.1 Å². The van der Waals surface area contributed by atoms with Crippen LogP contribution in [0, 0.1) is 6.92 Å². The van der Waals surface area contributed by atoms with Gasteiger partial charge in [-0.3, -0.25) is 9.59 Å². The summed E-state index contributed by atoms with van der Waals surface area (Å²) in [5.41, 5.74) is 3.07. The van der Waals surface area contributed by atoms with Crippen LogP contribution in [0.4, 0.5) is 5.69 Å². The summed E-state index contributed by atoms with van der Waals surface area (Å²) >= 11 is 1.32. The Morgan fingerprint density at radius 3 is 2.48 bits per heavy atom. The van der Waals surface area contributed by atoms with Crippen LogP contribution in [0.5, 0.6) is 0 Å². The molecule has 2 aromatic carbocycles. The molecule has 0 unspecified atom stereocenters. The third-order valence-electron chi connectivity index (χ3n) is 4.62. The molecule has 0 saturated carbocycles. The number of thioether (sulfide) groups is 1. The van der Waals surface area contributed by atoms with Crippen molar-refractivity contribution in [3.63, 3.8) is 0 Å². The topological polar surface area (TPSA) is 88.9 Å². The zero-order valence-electron chi connectivity index (χ0n) is 18.2. The Bertz CT molecular complexity index is 1080. The Hall–Kier alpha value is -3.13. The number of anilines is 1. The predicted octanol–water partition coefficient (Wildman–Crippen LogP) is 4.14. The van der Waals surface area contributed by atoms with Crippen molar-refractivity contribution in [2.24, 2.45) is 0 Å². The van der Waals surface area contributed by atoms with Crippen LogP contribution in [0.25, 0.3) is 11.4 Å². The molecule has 1 heterocycles. The van der Waals surface area contributed by atoms with E-state index < -0.39 is 0 Å². The number of hydrogen-bond acceptors (Lipinski definition) is 5. The molecular weight excluding hydrogens is 410 g/mol. The summed E-state index contributed by atoms with van der Waals surface area (Å²) in [5.74, 6) is 0.524. The number of carbonyl (C=O) groups excluding carboxylic acids is 2. The molecule has 0 spiro atoms. The van der Waals surface area contributed by atoms with Gasteiger partial charge in [-0.2, -0.15) is 0 Å². The highest BCUT2D eigenvalue weighted by Crippen LogP contribution is 2.26. The molecule has 0 aliphatic carbocycles. The molecule has 8 heteroatoms. The minimum Gasteiger partial charge on any atom is -0.350 e. The number of benzene rings is 2. The lowest BCUT2D eigenvalue weighted by molar-refractivity contribution is -0.113. The first-order valence-electron chi connectivity index (χ1n) is 10.2. The minimum absolute atomic E-state index is 0.00895. The number of nitrogens with zero attached hydrogens (tertiary/aromatic N) is 3. The molecule has 0 fully saturated rings. The smallest absolute Gasteiger partial charge is 0.253 e. The van der Waals surface area contributed by atoms with E-state index in [1.54, 1.807) is 24.3 Å². The second kappa shape index (κ2) is 10.3. The molecule has 3 rings (SSSR count). The van der Waals surface area contributed by atoms with Crippen molar-refractivity contribution >= 4 is 29.3 Å². The molecule has 0 bridgehead atoms. The number of rotatable bonds is 8. The number of aryl methyl sites for hydroxylation is 1. The van der Waals surface area contributed by atoms with Crippen molar-refractivity contribution in [3.05, 3.63) is 59.7 Å². The van der Waals surface area contributed by atoms with Crippen molar-refractivity contribution in [2.45, 2.75) is 45.4 Å². The third kappa shape index (κ3) is 5.52. The summed E-state index contributed by atoms with van der Waals surface area (Å²) in [6, 6.07) is 15.0. The zero-order valence-corrected chi connectivity index (χ0v) is 19.0. The number of hydrogen-bond donors (Lipinski definition) is 2. The van der Waals surface area contributed by atoms with Gasteiger partial charge in [-0.25, -0.2) is 0 Å².